The molecule has 3 nitrogen and oxygen atoms in total. The van der Waals surface area contributed by atoms with Crippen molar-refractivity contribution >= 4 is 5.91 Å². The number of unbranched alkanes of at least 4 members (excludes halogenated alkanes) is 9. The molecule has 0 radical (unpaired) electrons. The Morgan fingerprint density at radius 2 is 1.25 bits per heavy atom. The van der Waals surface area contributed by atoms with Gasteiger partial charge < -0.3 is 26.8 Å². The molecule has 1 N–H and O–H groups in total. The highest BCUT2D eigenvalue weighted by molar-refractivity contribution is 5.75. The van der Waals surface area contributed by atoms with Crippen LogP contribution in [0, 0.1) is 0 Å². The van der Waals surface area contributed by atoms with Gasteiger partial charge in [0.25, 0.3) is 0 Å². The molecule has 0 bridgehead atoms. The van der Waals surface area contributed by atoms with Gasteiger partial charge in [0.05, 0.1) is 33.7 Å². The number of carbonyl (C=O) groups is 1. The van der Waals surface area contributed by atoms with Gasteiger partial charge in [0.2, 0.25) is 5.91 Å². The van der Waals surface area contributed by atoms with Gasteiger partial charge in [-0.15, -0.1) is 0 Å². The van der Waals surface area contributed by atoms with Crippen LogP contribution in [0.25, 0.3) is 0 Å². The molecule has 0 fully saturated rings. The number of nitrogens with zero attached hydrogens (tertiary/aromatic N) is 1. The summed E-state index contributed by atoms with van der Waals surface area (Å²) in [4.78, 5) is 11.8. The minimum Gasteiger partial charge on any atom is -1.00 e. The van der Waals surface area contributed by atoms with Crippen LogP contribution in [0.5, 0.6) is 0 Å². The summed E-state index contributed by atoms with van der Waals surface area (Å²) in [7, 11) is 4.50. The molecule has 0 aliphatic heterocycles. The van der Waals surface area contributed by atoms with E-state index < -0.39 is 0 Å². The summed E-state index contributed by atoms with van der Waals surface area (Å²) in [6.07, 6.45) is 15.0. The molecule has 146 valence electrons. The smallest absolute Gasteiger partial charge is 0.220 e. The fraction of sp³-hybridized carbons (Fsp3) is 0.950. The number of likely N-dealkylation sites (N-methyl/N-ethyl adjacent to an activating group) is 1. The third kappa shape index (κ3) is 18.3. The van der Waals surface area contributed by atoms with Crippen molar-refractivity contribution in [2.45, 2.75) is 90.9 Å². The predicted octanol–water partition coefficient (Wildman–Crippen LogP) is 1.90. The second kappa shape index (κ2) is 17.7. The van der Waals surface area contributed by atoms with Crippen LogP contribution in [0.2, 0.25) is 0 Å². The SMILES string of the molecule is CCCCCCCCCCCC(=O)NCC[N+](C)(C)CCCC.[Br-]. The van der Waals surface area contributed by atoms with Crippen molar-refractivity contribution in [2.75, 3.05) is 33.7 Å². The van der Waals surface area contributed by atoms with Gasteiger partial charge >= 0.3 is 0 Å². The zero-order valence-corrected chi connectivity index (χ0v) is 18.4. The van der Waals surface area contributed by atoms with E-state index >= 15 is 0 Å². The number of carbonyl (C=O) groups excluding carboxylic acids is 1. The average Bonchev–Trinajstić information content (AvgIpc) is 2.51. The first-order valence-corrected chi connectivity index (χ1v) is 10.1. The molecule has 4 heteroatoms. The van der Waals surface area contributed by atoms with E-state index in [1.807, 2.05) is 0 Å². The highest BCUT2D eigenvalue weighted by atomic mass is 79.9. The molecule has 0 aliphatic rings. The Hall–Kier alpha value is -0.0900. The van der Waals surface area contributed by atoms with Crippen LogP contribution in [0.3, 0.4) is 0 Å². The van der Waals surface area contributed by atoms with E-state index in [4.69, 9.17) is 0 Å². The van der Waals surface area contributed by atoms with Gasteiger partial charge in [-0.3, -0.25) is 4.79 Å². The Balaban J connectivity index is 0. The number of rotatable bonds is 16. The van der Waals surface area contributed by atoms with Crippen molar-refractivity contribution in [2.24, 2.45) is 0 Å². The van der Waals surface area contributed by atoms with E-state index in [1.165, 1.54) is 70.8 Å². The van der Waals surface area contributed by atoms with Gasteiger partial charge in [-0.05, 0) is 12.8 Å². The predicted molar refractivity (Wildman–Crippen MR) is 102 cm³/mol. The molecule has 0 aliphatic carbocycles. The Kier molecular flexibility index (Phi) is 19.3. The summed E-state index contributed by atoms with van der Waals surface area (Å²) >= 11 is 0. The molecule has 0 rings (SSSR count). The van der Waals surface area contributed by atoms with Crippen LogP contribution in [-0.2, 0) is 4.79 Å². The maximum absolute atomic E-state index is 11.8. The van der Waals surface area contributed by atoms with Crippen molar-refractivity contribution in [3.05, 3.63) is 0 Å². The molecule has 0 aromatic rings. The topological polar surface area (TPSA) is 29.1 Å². The zero-order valence-electron chi connectivity index (χ0n) is 16.8. The summed E-state index contributed by atoms with van der Waals surface area (Å²) < 4.78 is 1.01. The fourth-order valence-corrected chi connectivity index (χ4v) is 2.88. The minimum absolute atomic E-state index is 0. The Bertz CT molecular complexity index is 283. The number of hydrogen-bond acceptors (Lipinski definition) is 1. The van der Waals surface area contributed by atoms with Gasteiger partial charge in [-0.2, -0.15) is 0 Å². The number of hydrogen-bond donors (Lipinski definition) is 1. The zero-order chi connectivity index (χ0) is 17.4. The van der Waals surface area contributed by atoms with E-state index in [1.54, 1.807) is 0 Å². The summed E-state index contributed by atoms with van der Waals surface area (Å²) in [5.74, 6) is 0.239. The van der Waals surface area contributed by atoms with Crippen molar-refractivity contribution in [3.8, 4) is 0 Å². The lowest BCUT2D eigenvalue weighted by Gasteiger charge is -2.29. The second-order valence-electron chi connectivity index (χ2n) is 7.66. The molecule has 0 unspecified atom stereocenters. The van der Waals surface area contributed by atoms with E-state index in [-0.39, 0.29) is 22.9 Å². The third-order valence-corrected chi connectivity index (χ3v) is 4.66. The largest absolute Gasteiger partial charge is 1.00 e. The number of quaternary nitrogens is 1. The summed E-state index contributed by atoms with van der Waals surface area (Å²) in [6.45, 7) is 7.53. The molecule has 0 saturated carbocycles. The lowest BCUT2D eigenvalue weighted by atomic mass is 10.1. The van der Waals surface area contributed by atoms with E-state index in [2.05, 4.69) is 33.3 Å². The standard InChI is InChI=1S/C20H42N2O.BrH/c1-5-7-9-10-11-12-13-14-15-16-20(23)21-17-19-22(3,4)18-8-6-2;/h5-19H2,1-4H3;1H. The molecule has 0 heterocycles. The highest BCUT2D eigenvalue weighted by Crippen LogP contribution is 2.10. The fourth-order valence-electron chi connectivity index (χ4n) is 2.88. The van der Waals surface area contributed by atoms with Gasteiger partial charge in [-0.25, -0.2) is 0 Å². The summed E-state index contributed by atoms with van der Waals surface area (Å²) in [5, 5.41) is 3.09. The van der Waals surface area contributed by atoms with Crippen LogP contribution in [0.15, 0.2) is 0 Å². The lowest BCUT2D eigenvalue weighted by Crippen LogP contribution is -3.00. The van der Waals surface area contributed by atoms with E-state index in [0.717, 1.165) is 24.0 Å². The van der Waals surface area contributed by atoms with Gasteiger partial charge in [-0.1, -0.05) is 71.6 Å². The Labute approximate surface area is 162 Å². The van der Waals surface area contributed by atoms with Crippen molar-refractivity contribution in [1.82, 2.24) is 5.32 Å². The quantitative estimate of drug-likeness (QED) is 0.307. The van der Waals surface area contributed by atoms with Crippen LogP contribution in [-0.4, -0.2) is 44.1 Å². The molecule has 0 spiro atoms. The number of nitrogens with one attached hydrogen (secondary N) is 1. The maximum atomic E-state index is 11.8. The van der Waals surface area contributed by atoms with Crippen LogP contribution in [0.1, 0.15) is 90.9 Å². The van der Waals surface area contributed by atoms with Crippen molar-refractivity contribution < 1.29 is 26.3 Å². The summed E-state index contributed by atoms with van der Waals surface area (Å²) in [5.41, 5.74) is 0. The normalized spacial score (nSPS) is 11.2. The average molecular weight is 407 g/mol. The molecular formula is C20H43BrN2O. The maximum Gasteiger partial charge on any atom is 0.220 e. The molecule has 1 amide bonds. The minimum atomic E-state index is 0. The van der Waals surface area contributed by atoms with Crippen molar-refractivity contribution in [3.63, 3.8) is 0 Å². The van der Waals surface area contributed by atoms with Gasteiger partial charge in [0, 0.05) is 6.42 Å². The Morgan fingerprint density at radius 3 is 1.79 bits per heavy atom. The van der Waals surface area contributed by atoms with Gasteiger partial charge in [0.1, 0.15) is 0 Å². The Morgan fingerprint density at radius 1 is 0.750 bits per heavy atom. The van der Waals surface area contributed by atoms with Crippen molar-refractivity contribution in [1.29, 1.82) is 0 Å². The van der Waals surface area contributed by atoms with Crippen LogP contribution < -0.4 is 22.3 Å². The van der Waals surface area contributed by atoms with E-state index in [0.29, 0.717) is 6.42 Å². The first-order chi connectivity index (χ1) is 11.0. The third-order valence-electron chi connectivity index (χ3n) is 4.66. The van der Waals surface area contributed by atoms with Gasteiger partial charge in [0.15, 0.2) is 0 Å². The highest BCUT2D eigenvalue weighted by Gasteiger charge is 2.13. The number of amides is 1. The molecular weight excluding hydrogens is 364 g/mol. The molecule has 0 aromatic heterocycles. The lowest BCUT2D eigenvalue weighted by molar-refractivity contribution is -0.889. The first-order valence-electron chi connectivity index (χ1n) is 10.1. The summed E-state index contributed by atoms with van der Waals surface area (Å²) in [6, 6.07) is 0. The van der Waals surface area contributed by atoms with Crippen LogP contribution in [0.4, 0.5) is 0 Å². The first kappa shape index (κ1) is 26.1. The molecule has 0 saturated heterocycles. The van der Waals surface area contributed by atoms with Crippen LogP contribution >= 0.6 is 0 Å². The second-order valence-corrected chi connectivity index (χ2v) is 7.66. The van der Waals surface area contributed by atoms with E-state index in [9.17, 15) is 4.79 Å². The molecule has 24 heavy (non-hydrogen) atoms. The number of halogens is 1. The molecule has 0 aromatic carbocycles. The molecule has 0 atom stereocenters. The monoisotopic (exact) mass is 406 g/mol.